The predicted octanol–water partition coefficient (Wildman–Crippen LogP) is 5.68. The predicted molar refractivity (Wildman–Crippen MR) is 116 cm³/mol. The smallest absolute Gasteiger partial charge is 0.267 e. The molecule has 0 saturated carbocycles. The van der Waals surface area contributed by atoms with E-state index in [0.717, 1.165) is 36.0 Å². The summed E-state index contributed by atoms with van der Waals surface area (Å²) in [7, 11) is 0. The zero-order valence-electron chi connectivity index (χ0n) is 15.6. The number of nitrogens with one attached hydrogen (secondary N) is 1. The standard InChI is InChI=1S/C22H21ClN2O2S/c1-14-9-11-25(12-10-14)22(27)15-5-4-6-16(13-15)24-21(26)20-19(23)17-7-2-3-8-18(17)28-20/h2-8,13-14H,9-12H2,1H3,(H,24,26). The van der Waals surface area contributed by atoms with Crippen molar-refractivity contribution >= 4 is 50.5 Å². The van der Waals surface area contributed by atoms with Gasteiger partial charge in [0, 0.05) is 34.4 Å². The van der Waals surface area contributed by atoms with Crippen LogP contribution in [-0.4, -0.2) is 29.8 Å². The van der Waals surface area contributed by atoms with Gasteiger partial charge in [-0.25, -0.2) is 0 Å². The number of rotatable bonds is 3. The SMILES string of the molecule is CC1CCN(C(=O)c2cccc(NC(=O)c3sc4ccccc4c3Cl)c2)CC1. The van der Waals surface area contributed by atoms with Crippen molar-refractivity contribution < 1.29 is 9.59 Å². The van der Waals surface area contributed by atoms with E-state index in [9.17, 15) is 9.59 Å². The molecule has 0 radical (unpaired) electrons. The summed E-state index contributed by atoms with van der Waals surface area (Å²) in [6.45, 7) is 3.79. The van der Waals surface area contributed by atoms with Gasteiger partial charge in [0.2, 0.25) is 0 Å². The Kier molecular flexibility index (Phi) is 5.38. The number of hydrogen-bond acceptors (Lipinski definition) is 3. The molecule has 2 aromatic carbocycles. The average molecular weight is 413 g/mol. The van der Waals surface area contributed by atoms with Gasteiger partial charge in [0.25, 0.3) is 11.8 Å². The molecule has 4 rings (SSSR count). The molecule has 1 saturated heterocycles. The van der Waals surface area contributed by atoms with Crippen molar-refractivity contribution in [2.75, 3.05) is 18.4 Å². The van der Waals surface area contributed by atoms with E-state index < -0.39 is 0 Å². The summed E-state index contributed by atoms with van der Waals surface area (Å²) in [5.41, 5.74) is 1.18. The number of nitrogens with zero attached hydrogens (tertiary/aromatic N) is 1. The van der Waals surface area contributed by atoms with Crippen molar-refractivity contribution in [1.29, 1.82) is 0 Å². The van der Waals surface area contributed by atoms with Crippen LogP contribution in [0.5, 0.6) is 0 Å². The lowest BCUT2D eigenvalue weighted by atomic mass is 9.98. The van der Waals surface area contributed by atoms with E-state index in [-0.39, 0.29) is 11.8 Å². The van der Waals surface area contributed by atoms with Gasteiger partial charge < -0.3 is 10.2 Å². The molecule has 1 aliphatic heterocycles. The number of likely N-dealkylation sites (tertiary alicyclic amines) is 1. The summed E-state index contributed by atoms with van der Waals surface area (Å²) >= 11 is 7.77. The fourth-order valence-corrected chi connectivity index (χ4v) is 4.88. The van der Waals surface area contributed by atoms with Crippen molar-refractivity contribution in [1.82, 2.24) is 4.90 Å². The third-order valence-corrected chi connectivity index (χ3v) is 6.85. The molecule has 3 aromatic rings. The number of piperidine rings is 1. The minimum absolute atomic E-state index is 0.0166. The summed E-state index contributed by atoms with van der Waals surface area (Å²) in [5, 5.41) is 4.22. The Bertz CT molecular complexity index is 1040. The lowest BCUT2D eigenvalue weighted by Gasteiger charge is -2.30. The minimum Gasteiger partial charge on any atom is -0.339 e. The number of carbonyl (C=O) groups excluding carboxylic acids is 2. The molecule has 0 spiro atoms. The number of fused-ring (bicyclic) bond motifs is 1. The van der Waals surface area contributed by atoms with E-state index in [1.165, 1.54) is 11.3 Å². The van der Waals surface area contributed by atoms with Crippen LogP contribution in [0.4, 0.5) is 5.69 Å². The van der Waals surface area contributed by atoms with Crippen molar-refractivity contribution in [2.45, 2.75) is 19.8 Å². The molecule has 1 aromatic heterocycles. The number of benzene rings is 2. The van der Waals surface area contributed by atoms with Gasteiger partial charge in [-0.05, 0) is 43.0 Å². The second-order valence-corrected chi connectivity index (χ2v) is 8.68. The Balaban J connectivity index is 1.52. The molecule has 28 heavy (non-hydrogen) atoms. The van der Waals surface area contributed by atoms with Gasteiger partial charge in [-0.3, -0.25) is 9.59 Å². The van der Waals surface area contributed by atoms with E-state index in [1.807, 2.05) is 29.2 Å². The van der Waals surface area contributed by atoms with Gasteiger partial charge in [-0.15, -0.1) is 11.3 Å². The molecule has 6 heteroatoms. The first-order chi connectivity index (χ1) is 13.5. The average Bonchev–Trinajstić information content (AvgIpc) is 3.05. The van der Waals surface area contributed by atoms with Gasteiger partial charge in [-0.1, -0.05) is 42.8 Å². The molecule has 0 bridgehead atoms. The number of amides is 2. The van der Waals surface area contributed by atoms with Crippen molar-refractivity contribution in [2.24, 2.45) is 5.92 Å². The second kappa shape index (κ2) is 7.94. The number of hydrogen-bond donors (Lipinski definition) is 1. The topological polar surface area (TPSA) is 49.4 Å². The van der Waals surface area contributed by atoms with Crippen LogP contribution in [0.3, 0.4) is 0 Å². The van der Waals surface area contributed by atoms with Crippen molar-refractivity contribution in [3.05, 3.63) is 64.0 Å². The fraction of sp³-hybridized carbons (Fsp3) is 0.273. The molecule has 0 atom stereocenters. The Hall–Kier alpha value is -2.37. The van der Waals surface area contributed by atoms with E-state index in [2.05, 4.69) is 12.2 Å². The van der Waals surface area contributed by atoms with Crippen molar-refractivity contribution in [3.8, 4) is 0 Å². The highest BCUT2D eigenvalue weighted by Crippen LogP contribution is 2.35. The van der Waals surface area contributed by atoms with Gasteiger partial charge in [-0.2, -0.15) is 0 Å². The highest BCUT2D eigenvalue weighted by molar-refractivity contribution is 7.21. The first-order valence-electron chi connectivity index (χ1n) is 9.40. The molecule has 144 valence electrons. The zero-order valence-corrected chi connectivity index (χ0v) is 17.1. The van der Waals surface area contributed by atoms with Gasteiger partial charge in [0.05, 0.1) is 5.02 Å². The molecular formula is C22H21ClN2O2S. The van der Waals surface area contributed by atoms with Gasteiger partial charge in [0.15, 0.2) is 0 Å². The number of halogens is 1. The van der Waals surface area contributed by atoms with E-state index >= 15 is 0 Å². The first kappa shape index (κ1) is 19.0. The molecule has 0 unspecified atom stereocenters. The molecule has 1 aliphatic rings. The lowest BCUT2D eigenvalue weighted by Crippen LogP contribution is -2.37. The summed E-state index contributed by atoms with van der Waals surface area (Å²) in [5.74, 6) is 0.422. The Morgan fingerprint density at radius 3 is 2.61 bits per heavy atom. The maximum Gasteiger partial charge on any atom is 0.267 e. The Morgan fingerprint density at radius 1 is 1.11 bits per heavy atom. The van der Waals surface area contributed by atoms with Crippen LogP contribution in [0.1, 0.15) is 39.8 Å². The van der Waals surface area contributed by atoms with Crippen LogP contribution in [0.25, 0.3) is 10.1 Å². The zero-order chi connectivity index (χ0) is 19.7. The van der Waals surface area contributed by atoms with Gasteiger partial charge >= 0.3 is 0 Å². The van der Waals surface area contributed by atoms with E-state index in [1.54, 1.807) is 24.3 Å². The van der Waals surface area contributed by atoms with Crippen LogP contribution in [0.2, 0.25) is 5.02 Å². The lowest BCUT2D eigenvalue weighted by molar-refractivity contribution is 0.0697. The van der Waals surface area contributed by atoms with Crippen LogP contribution < -0.4 is 5.32 Å². The number of thiophene rings is 1. The summed E-state index contributed by atoms with van der Waals surface area (Å²) < 4.78 is 0.973. The second-order valence-electron chi connectivity index (χ2n) is 7.25. The molecular weight excluding hydrogens is 392 g/mol. The summed E-state index contributed by atoms with van der Waals surface area (Å²) in [4.78, 5) is 27.9. The maximum atomic E-state index is 12.8. The summed E-state index contributed by atoms with van der Waals surface area (Å²) in [6, 6.07) is 14.8. The molecule has 1 N–H and O–H groups in total. The molecule has 2 heterocycles. The normalized spacial score (nSPS) is 15.0. The van der Waals surface area contributed by atoms with Gasteiger partial charge in [0.1, 0.15) is 4.88 Å². The van der Waals surface area contributed by atoms with Crippen LogP contribution in [-0.2, 0) is 0 Å². The van der Waals surface area contributed by atoms with Crippen molar-refractivity contribution in [3.63, 3.8) is 0 Å². The number of anilines is 1. The third-order valence-electron chi connectivity index (χ3n) is 5.18. The van der Waals surface area contributed by atoms with Crippen LogP contribution in [0, 0.1) is 5.92 Å². The highest BCUT2D eigenvalue weighted by atomic mass is 35.5. The third kappa shape index (κ3) is 3.77. The molecule has 4 nitrogen and oxygen atoms in total. The Morgan fingerprint density at radius 2 is 1.86 bits per heavy atom. The highest BCUT2D eigenvalue weighted by Gasteiger charge is 2.22. The molecule has 1 fully saturated rings. The molecule has 0 aliphatic carbocycles. The Labute approximate surface area is 173 Å². The maximum absolute atomic E-state index is 12.8. The first-order valence-corrected chi connectivity index (χ1v) is 10.6. The minimum atomic E-state index is -0.261. The quantitative estimate of drug-likeness (QED) is 0.601. The van der Waals surface area contributed by atoms with E-state index in [4.69, 9.17) is 11.6 Å². The largest absolute Gasteiger partial charge is 0.339 e. The monoisotopic (exact) mass is 412 g/mol. The fourth-order valence-electron chi connectivity index (χ4n) is 3.47. The molecule has 2 amide bonds. The van der Waals surface area contributed by atoms with Crippen LogP contribution >= 0.6 is 22.9 Å². The van der Waals surface area contributed by atoms with E-state index in [0.29, 0.717) is 27.1 Å². The summed E-state index contributed by atoms with van der Waals surface area (Å²) in [6.07, 6.45) is 2.07. The number of carbonyl (C=O) groups is 2. The van der Waals surface area contributed by atoms with Crippen LogP contribution in [0.15, 0.2) is 48.5 Å².